The van der Waals surface area contributed by atoms with Crippen LogP contribution in [0.4, 0.5) is 0 Å². The van der Waals surface area contributed by atoms with Crippen molar-refractivity contribution in [2.75, 3.05) is 0 Å². The Labute approximate surface area is 129 Å². The number of rotatable bonds is 0. The second kappa shape index (κ2) is 24.2. The molecule has 0 fully saturated rings. The molecule has 0 N–H and O–H groups in total. The third kappa shape index (κ3) is 17.9. The molecule has 0 aromatic heterocycles. The monoisotopic (exact) mass is 416 g/mol. The van der Waals surface area contributed by atoms with Gasteiger partial charge >= 0.3 is 100 Å². The van der Waals surface area contributed by atoms with Crippen molar-refractivity contribution in [3.63, 3.8) is 0 Å². The normalized spacial score (nSPS) is 0. The smallest absolute Gasteiger partial charge is 0 e. The predicted octanol–water partition coefficient (Wildman–Crippen LogP) is -2.33. The zero-order chi connectivity index (χ0) is 0. The Morgan fingerprint density at radius 3 is 1.00 bits per heavy atom. The third-order valence-corrected chi connectivity index (χ3v) is 0. The summed E-state index contributed by atoms with van der Waals surface area (Å²) in [6.07, 6.45) is 0. The first kappa shape index (κ1) is 35.3. The van der Waals surface area contributed by atoms with Crippen molar-refractivity contribution in [1.29, 1.82) is 0 Å². The molecule has 0 bridgehead atoms. The summed E-state index contributed by atoms with van der Waals surface area (Å²) in [4.78, 5) is 0. The van der Waals surface area contributed by atoms with Crippen molar-refractivity contribution in [2.24, 2.45) is 0 Å². The van der Waals surface area contributed by atoms with Crippen LogP contribution in [0.3, 0.4) is 0 Å². The third-order valence-electron chi connectivity index (χ3n) is 0. The number of hydrogen-bond donors (Lipinski definition) is 0. The molecule has 2 radical (unpaired) electrons. The van der Waals surface area contributed by atoms with E-state index in [0.29, 0.717) is 0 Å². The molecule has 0 aliphatic rings. The summed E-state index contributed by atoms with van der Waals surface area (Å²) in [5.74, 6) is 0. The van der Waals surface area contributed by atoms with Gasteiger partial charge in [0.2, 0.25) is 0 Å². The second-order valence-electron chi connectivity index (χ2n) is 0. The van der Waals surface area contributed by atoms with Gasteiger partial charge in [0, 0.05) is 27.3 Å². The van der Waals surface area contributed by atoms with Crippen LogP contribution in [0.25, 0.3) is 0 Å². The van der Waals surface area contributed by atoms with Crippen LogP contribution in [0.2, 0.25) is 0 Å². The maximum absolute atomic E-state index is 0. The summed E-state index contributed by atoms with van der Waals surface area (Å²) in [5, 5.41) is 0. The molecule has 0 heterocycles. The van der Waals surface area contributed by atoms with Crippen LogP contribution in [-0.2, 0) is 22.5 Å². The van der Waals surface area contributed by atoms with Crippen molar-refractivity contribution >= 4 is 111 Å². The van der Waals surface area contributed by atoms with Crippen LogP contribution in [0.15, 0.2) is 0 Å². The zero-order valence-electron chi connectivity index (χ0n) is 1.29. The fourth-order valence-corrected chi connectivity index (χ4v) is 0. The fraction of sp³-hybridized carbons (Fsp3) is 0. The molecule has 5 heteroatoms. The van der Waals surface area contributed by atoms with E-state index in [-0.39, 0.29) is 133 Å². The topological polar surface area (TPSA) is 28.5 Å². The first-order chi connectivity index (χ1) is 0. The van der Waals surface area contributed by atoms with Crippen molar-refractivity contribution in [3.05, 3.63) is 0 Å². The molecule has 5 heavy (non-hydrogen) atoms. The van der Waals surface area contributed by atoms with Gasteiger partial charge < -0.3 is 5.48 Å². The molecular weight excluding hydrogens is 412 g/mol. The van der Waals surface area contributed by atoms with Crippen LogP contribution in [0, 0.1) is 0 Å². The van der Waals surface area contributed by atoms with Gasteiger partial charge in [-0.1, -0.05) is 0 Å². The first-order valence-electron chi connectivity index (χ1n) is 0. The molecule has 0 aromatic carbocycles. The molecular formula is H4CaCuOSrTl. The molecule has 28 valence electrons. The van der Waals surface area contributed by atoms with Crippen LogP contribution < -0.4 is 0 Å². The predicted molar refractivity (Wildman–Crippen MR) is 23.5 cm³/mol. The minimum absolute atomic E-state index is 0. The SMILES string of the molecule is [CaH2].[Cu+2].[O-2].[SrH2].[Tl]. The number of hydrogen-bond acceptors (Lipinski definition) is 0. The summed E-state index contributed by atoms with van der Waals surface area (Å²) in [7, 11) is 0. The Morgan fingerprint density at radius 1 is 1.00 bits per heavy atom. The summed E-state index contributed by atoms with van der Waals surface area (Å²) in [6, 6.07) is 0. The average Bonchev–Trinajstić information content (AvgIpc) is 0. The summed E-state index contributed by atoms with van der Waals surface area (Å²) >= 11 is 0. The van der Waals surface area contributed by atoms with Crippen molar-refractivity contribution in [1.82, 2.24) is 0 Å². The van der Waals surface area contributed by atoms with E-state index in [0.717, 1.165) is 0 Å². The van der Waals surface area contributed by atoms with E-state index in [2.05, 4.69) is 0 Å². The minimum atomic E-state index is 0. The van der Waals surface area contributed by atoms with Gasteiger partial charge in [-0.2, -0.15) is 0 Å². The Morgan fingerprint density at radius 2 is 1.00 bits per heavy atom. The minimum Gasteiger partial charge on any atom is 0 e. The molecule has 0 aliphatic heterocycles. The zero-order valence-corrected chi connectivity index (χ0v) is 6.72. The van der Waals surface area contributed by atoms with Gasteiger partial charge in [-0.15, -0.1) is 0 Å². The van der Waals surface area contributed by atoms with Gasteiger partial charge in [-0.3, -0.25) is 0 Å². The summed E-state index contributed by atoms with van der Waals surface area (Å²) < 4.78 is 0. The van der Waals surface area contributed by atoms with Crippen molar-refractivity contribution in [3.8, 4) is 0 Å². The molecule has 0 atom stereocenters. The van der Waals surface area contributed by atoms with Crippen LogP contribution >= 0.6 is 0 Å². The summed E-state index contributed by atoms with van der Waals surface area (Å²) in [6.45, 7) is 0. The average molecular weight is 416 g/mol. The van der Waals surface area contributed by atoms with Crippen LogP contribution in [0.5, 0.6) is 0 Å². The van der Waals surface area contributed by atoms with Gasteiger partial charge in [-0.25, -0.2) is 0 Å². The van der Waals surface area contributed by atoms with Gasteiger partial charge in [0.25, 0.3) is 0 Å². The van der Waals surface area contributed by atoms with Gasteiger partial charge in [0.1, 0.15) is 0 Å². The van der Waals surface area contributed by atoms with E-state index >= 15 is 0 Å². The van der Waals surface area contributed by atoms with Crippen LogP contribution in [0.1, 0.15) is 0 Å². The maximum atomic E-state index is 0. The molecule has 0 aromatic rings. The van der Waals surface area contributed by atoms with E-state index in [1.807, 2.05) is 0 Å². The quantitative estimate of drug-likeness (QED) is 0.397. The van der Waals surface area contributed by atoms with Crippen molar-refractivity contribution < 1.29 is 22.5 Å². The molecule has 0 saturated heterocycles. The Bertz CT molecular complexity index is 11.6. The molecule has 0 amide bonds. The largest absolute Gasteiger partial charge is 0 e. The van der Waals surface area contributed by atoms with Gasteiger partial charge in [-0.05, 0) is 0 Å². The molecule has 0 unspecified atom stereocenters. The standard InChI is InChI=1S/Ca.Cu.O.Sr.Tl.4H/q;+2;-2;;;;;;. The molecule has 0 aliphatic carbocycles. The first-order valence-corrected chi connectivity index (χ1v) is 0. The molecule has 0 rings (SSSR count). The Balaban J connectivity index is 0. The summed E-state index contributed by atoms with van der Waals surface area (Å²) in [5.41, 5.74) is 0. The van der Waals surface area contributed by atoms with E-state index in [1.54, 1.807) is 0 Å². The van der Waals surface area contributed by atoms with E-state index in [4.69, 9.17) is 0 Å². The maximum Gasteiger partial charge on any atom is 0 e. The van der Waals surface area contributed by atoms with Gasteiger partial charge in [0.15, 0.2) is 0 Å². The fourth-order valence-electron chi connectivity index (χ4n) is 0. The molecule has 0 spiro atoms. The van der Waals surface area contributed by atoms with E-state index < -0.39 is 0 Å². The van der Waals surface area contributed by atoms with E-state index in [1.165, 1.54) is 0 Å². The van der Waals surface area contributed by atoms with Crippen LogP contribution in [-0.4, -0.2) is 111 Å². The molecule has 0 saturated carbocycles. The molecule has 1 nitrogen and oxygen atoms in total. The van der Waals surface area contributed by atoms with Gasteiger partial charge in [0.05, 0.1) is 0 Å². The second-order valence-corrected chi connectivity index (χ2v) is 0. The Hall–Kier alpha value is 4.14. The van der Waals surface area contributed by atoms with E-state index in [9.17, 15) is 0 Å². The Kier molecular flexibility index (Phi) is 171. The van der Waals surface area contributed by atoms with Crippen molar-refractivity contribution in [2.45, 2.75) is 0 Å².